The molecule has 3 aromatic carbocycles. The first-order valence-electron chi connectivity index (χ1n) is 12.5. The summed E-state index contributed by atoms with van der Waals surface area (Å²) in [6, 6.07) is 21.5. The highest BCUT2D eigenvalue weighted by Crippen LogP contribution is 2.42. The van der Waals surface area contributed by atoms with E-state index in [0.29, 0.717) is 36.7 Å². The molecule has 0 fully saturated rings. The summed E-state index contributed by atoms with van der Waals surface area (Å²) in [4.78, 5) is 27.8. The number of benzene rings is 3. The van der Waals surface area contributed by atoms with Crippen molar-refractivity contribution < 1.29 is 14.3 Å². The van der Waals surface area contributed by atoms with Crippen LogP contribution in [0, 0.1) is 5.41 Å². The van der Waals surface area contributed by atoms with Crippen LogP contribution in [0.4, 0.5) is 5.69 Å². The van der Waals surface area contributed by atoms with Crippen LogP contribution in [-0.2, 0) is 23.3 Å². The van der Waals surface area contributed by atoms with E-state index in [-0.39, 0.29) is 46.2 Å². The molecular weight excluding hydrogens is 544 g/mol. The van der Waals surface area contributed by atoms with Crippen LogP contribution in [0.25, 0.3) is 11.0 Å². The first kappa shape index (κ1) is 27.4. The van der Waals surface area contributed by atoms with Gasteiger partial charge in [-0.15, -0.1) is 17.0 Å². The van der Waals surface area contributed by atoms with Gasteiger partial charge in [0, 0.05) is 18.1 Å². The highest BCUT2D eigenvalue weighted by Gasteiger charge is 2.30. The minimum Gasteiger partial charge on any atom is -0.489 e. The lowest BCUT2D eigenvalue weighted by Gasteiger charge is -2.33. The Kier molecular flexibility index (Phi) is 7.65. The topological polar surface area (TPSA) is 80.3 Å². The smallest absolute Gasteiger partial charge is 0.224 e. The number of nitrogens with zero attached hydrogens (tertiary/aromatic N) is 3. The van der Waals surface area contributed by atoms with Gasteiger partial charge in [0.25, 0.3) is 0 Å². The third-order valence-corrected chi connectivity index (χ3v) is 6.89. The normalized spacial score (nSPS) is 13.0. The van der Waals surface area contributed by atoms with E-state index in [9.17, 15) is 9.59 Å². The molecule has 5 rings (SSSR count). The number of carbonyl (C=O) groups is 2. The van der Waals surface area contributed by atoms with E-state index in [1.165, 1.54) is 6.92 Å². The van der Waals surface area contributed by atoms with Crippen molar-refractivity contribution in [2.45, 2.75) is 46.2 Å². The Labute approximate surface area is 232 Å². The fourth-order valence-corrected chi connectivity index (χ4v) is 4.99. The van der Waals surface area contributed by atoms with E-state index in [4.69, 9.17) is 10.1 Å². The maximum absolute atomic E-state index is 13.8. The second-order valence-electron chi connectivity index (χ2n) is 10.5. The van der Waals surface area contributed by atoms with Crippen LogP contribution in [0.15, 0.2) is 66.7 Å². The number of para-hydroxylation sites is 2. The van der Waals surface area contributed by atoms with Gasteiger partial charge in [-0.05, 0) is 35.2 Å². The van der Waals surface area contributed by atoms with Crippen LogP contribution in [-0.4, -0.2) is 34.0 Å². The number of halogens is 1. The Hall–Kier alpha value is -3.65. The lowest BCUT2D eigenvalue weighted by molar-refractivity contribution is -0.116. The average molecular weight is 578 g/mol. The Balaban J connectivity index is 0.00000336. The first-order valence-corrected chi connectivity index (χ1v) is 12.5. The van der Waals surface area contributed by atoms with Crippen LogP contribution in [0.1, 0.15) is 49.2 Å². The maximum Gasteiger partial charge on any atom is 0.224 e. The number of imidazole rings is 1. The van der Waals surface area contributed by atoms with Crippen LogP contribution >= 0.6 is 17.0 Å². The van der Waals surface area contributed by atoms with Gasteiger partial charge in [-0.3, -0.25) is 15.0 Å². The quantitative estimate of drug-likeness (QED) is 0.320. The Bertz CT molecular complexity index is 1560. The number of hydrogen-bond acceptors (Lipinski definition) is 4. The van der Waals surface area contributed by atoms with E-state index < -0.39 is 0 Å². The van der Waals surface area contributed by atoms with E-state index in [1.54, 1.807) is 15.5 Å². The summed E-state index contributed by atoms with van der Waals surface area (Å²) in [6.45, 7) is 9.17. The fourth-order valence-electron chi connectivity index (χ4n) is 4.99. The summed E-state index contributed by atoms with van der Waals surface area (Å²) >= 11 is 0. The van der Waals surface area contributed by atoms with Crippen molar-refractivity contribution in [3.8, 4) is 5.75 Å². The molecule has 0 radical (unpaired) electrons. The number of fused-ring (bicyclic) bond motifs is 2. The van der Waals surface area contributed by atoms with Gasteiger partial charge in [0.2, 0.25) is 11.5 Å². The zero-order valence-corrected chi connectivity index (χ0v) is 23.9. The van der Waals surface area contributed by atoms with Crippen LogP contribution in [0.2, 0.25) is 0 Å². The summed E-state index contributed by atoms with van der Waals surface area (Å²) in [5.41, 5.74) is 4.83. The molecule has 0 saturated heterocycles. The summed E-state index contributed by atoms with van der Waals surface area (Å²) in [6.07, 6.45) is 0. The number of anilines is 1. The number of aromatic nitrogens is 2. The molecule has 4 aromatic rings. The summed E-state index contributed by atoms with van der Waals surface area (Å²) in [5.74, 6) is 0.461. The van der Waals surface area contributed by atoms with Crippen molar-refractivity contribution in [2.24, 2.45) is 0 Å². The standard InChI is InChI=1S/C30H32N4O3.BrH/c1-20(35)32-14-15-37-28-23(30(2,3)4)16-22(17-26(28)32)27(36)19-34-25-13-9-8-12-24(25)33(29(34)31)18-21-10-6-5-7-11-21;/h5-13,16-17,31H,14-15,18-19H2,1-4H3;1H. The monoisotopic (exact) mass is 576 g/mol. The molecule has 198 valence electrons. The number of carbonyl (C=O) groups excluding carboxylic acids is 2. The van der Waals surface area contributed by atoms with Gasteiger partial charge in [-0.1, -0.05) is 63.2 Å². The lowest BCUT2D eigenvalue weighted by atomic mass is 9.84. The van der Waals surface area contributed by atoms with Crippen molar-refractivity contribution in [1.29, 1.82) is 5.41 Å². The van der Waals surface area contributed by atoms with Gasteiger partial charge >= 0.3 is 0 Å². The van der Waals surface area contributed by atoms with Crippen LogP contribution in [0.3, 0.4) is 0 Å². The third kappa shape index (κ3) is 5.05. The van der Waals surface area contributed by atoms with Crippen molar-refractivity contribution in [1.82, 2.24) is 9.13 Å². The van der Waals surface area contributed by atoms with Crippen molar-refractivity contribution >= 4 is 45.4 Å². The zero-order chi connectivity index (χ0) is 26.3. The minimum absolute atomic E-state index is 0. The number of hydrogen-bond donors (Lipinski definition) is 1. The molecule has 1 N–H and O–H groups in total. The first-order chi connectivity index (χ1) is 17.6. The summed E-state index contributed by atoms with van der Waals surface area (Å²) in [7, 11) is 0. The van der Waals surface area contributed by atoms with E-state index >= 15 is 0 Å². The number of rotatable bonds is 5. The fraction of sp³-hybridized carbons (Fsp3) is 0.300. The average Bonchev–Trinajstić information content (AvgIpc) is 3.13. The van der Waals surface area contributed by atoms with Crippen LogP contribution < -0.4 is 15.3 Å². The second kappa shape index (κ2) is 10.6. The molecule has 0 atom stereocenters. The Morgan fingerprint density at radius 3 is 2.21 bits per heavy atom. The van der Waals surface area contributed by atoms with Gasteiger partial charge < -0.3 is 18.8 Å². The molecule has 38 heavy (non-hydrogen) atoms. The van der Waals surface area contributed by atoms with Crippen molar-refractivity contribution in [2.75, 3.05) is 18.1 Å². The molecule has 1 amide bonds. The number of nitrogens with one attached hydrogen (secondary N) is 1. The predicted octanol–water partition coefficient (Wildman–Crippen LogP) is 5.47. The number of amides is 1. The molecule has 0 bridgehead atoms. The van der Waals surface area contributed by atoms with E-state index in [0.717, 1.165) is 22.2 Å². The van der Waals surface area contributed by atoms with Gasteiger partial charge in [0.15, 0.2) is 5.78 Å². The molecule has 1 aromatic heterocycles. The molecule has 0 saturated carbocycles. The molecule has 1 aliphatic heterocycles. The lowest BCUT2D eigenvalue weighted by Crippen LogP contribution is -2.37. The molecule has 0 spiro atoms. The van der Waals surface area contributed by atoms with E-state index in [1.807, 2.05) is 65.2 Å². The maximum atomic E-state index is 13.8. The minimum atomic E-state index is -0.292. The Morgan fingerprint density at radius 2 is 1.58 bits per heavy atom. The van der Waals surface area contributed by atoms with Crippen molar-refractivity contribution in [3.63, 3.8) is 0 Å². The molecule has 0 unspecified atom stereocenters. The van der Waals surface area contributed by atoms with Gasteiger partial charge in [0.05, 0.1) is 36.4 Å². The Morgan fingerprint density at radius 1 is 0.947 bits per heavy atom. The molecule has 8 heteroatoms. The summed E-state index contributed by atoms with van der Waals surface area (Å²) in [5, 5.41) is 8.96. The number of ketones is 1. The largest absolute Gasteiger partial charge is 0.489 e. The highest BCUT2D eigenvalue weighted by atomic mass is 79.9. The van der Waals surface area contributed by atoms with Crippen molar-refractivity contribution in [3.05, 3.63) is 89.0 Å². The van der Waals surface area contributed by atoms with Gasteiger partial charge in [0.1, 0.15) is 12.4 Å². The molecule has 2 heterocycles. The number of Topliss-reactive ketones (excluding diaryl/α,β-unsaturated/α-hetero) is 1. The molecule has 7 nitrogen and oxygen atoms in total. The predicted molar refractivity (Wildman–Crippen MR) is 155 cm³/mol. The van der Waals surface area contributed by atoms with Crippen LogP contribution in [0.5, 0.6) is 5.75 Å². The number of ether oxygens (including phenoxy) is 1. The third-order valence-electron chi connectivity index (χ3n) is 6.89. The SMILES string of the molecule is Br.CC(=O)N1CCOc2c1cc(C(=O)Cn1c(=N)n(Cc3ccccc3)c3ccccc31)cc2C(C)(C)C. The zero-order valence-electron chi connectivity index (χ0n) is 22.2. The molecule has 1 aliphatic rings. The molecular formula is C30H33BrN4O3. The van der Waals surface area contributed by atoms with Gasteiger partial charge in [-0.2, -0.15) is 0 Å². The highest BCUT2D eigenvalue weighted by molar-refractivity contribution is 8.93. The van der Waals surface area contributed by atoms with Gasteiger partial charge in [-0.25, -0.2) is 0 Å². The van der Waals surface area contributed by atoms with E-state index in [2.05, 4.69) is 20.8 Å². The summed E-state index contributed by atoms with van der Waals surface area (Å²) < 4.78 is 9.69. The second-order valence-corrected chi connectivity index (χ2v) is 10.5. The molecule has 0 aliphatic carbocycles.